The summed E-state index contributed by atoms with van der Waals surface area (Å²) in [5, 5.41) is 0. The zero-order chi connectivity index (χ0) is 15.3. The predicted molar refractivity (Wildman–Crippen MR) is 89.2 cm³/mol. The summed E-state index contributed by atoms with van der Waals surface area (Å²) in [6.07, 6.45) is 10.1. The summed E-state index contributed by atoms with van der Waals surface area (Å²) >= 11 is 0. The first-order valence-electron chi connectivity index (χ1n) is 9.35. The van der Waals surface area contributed by atoms with Gasteiger partial charge in [0, 0.05) is 39.8 Å². The van der Waals surface area contributed by atoms with Gasteiger partial charge in [-0.05, 0) is 37.6 Å². The maximum Gasteiger partial charge on any atom is 0.0698 e. The molecule has 1 aliphatic carbocycles. The Hall–Kier alpha value is -0.160. The summed E-state index contributed by atoms with van der Waals surface area (Å²) in [5.74, 6) is 0. The van der Waals surface area contributed by atoms with E-state index < -0.39 is 0 Å². The van der Waals surface area contributed by atoms with Gasteiger partial charge in [0.1, 0.15) is 0 Å². The zero-order valence-corrected chi connectivity index (χ0v) is 14.4. The molecular weight excluding hydrogens is 276 g/mol. The van der Waals surface area contributed by atoms with Gasteiger partial charge in [0.2, 0.25) is 0 Å². The van der Waals surface area contributed by atoms with Crippen LogP contribution in [0.25, 0.3) is 0 Å². The second-order valence-corrected chi connectivity index (χ2v) is 7.68. The van der Waals surface area contributed by atoms with Gasteiger partial charge in [-0.1, -0.05) is 19.3 Å². The fraction of sp³-hybridized carbons (Fsp3) is 1.00. The van der Waals surface area contributed by atoms with Gasteiger partial charge in [0.15, 0.2) is 0 Å². The van der Waals surface area contributed by atoms with Crippen molar-refractivity contribution in [1.82, 2.24) is 9.80 Å². The number of ether oxygens (including phenoxy) is 2. The van der Waals surface area contributed by atoms with Crippen molar-refractivity contribution in [3.8, 4) is 0 Å². The van der Waals surface area contributed by atoms with Crippen LogP contribution >= 0.6 is 0 Å². The van der Waals surface area contributed by atoms with Crippen LogP contribution in [0.5, 0.6) is 0 Å². The summed E-state index contributed by atoms with van der Waals surface area (Å²) in [4.78, 5) is 5.36. The standard InChI is InChI=1S/C18H34N2O2/c1-21-17-6-5-9-20(14-17)16-18(7-3-2-4-8-18)15-19-10-12-22-13-11-19/h17H,2-16H2,1H3/t17-/m1/s1. The molecule has 0 aromatic rings. The van der Waals surface area contributed by atoms with Crippen molar-refractivity contribution < 1.29 is 9.47 Å². The third kappa shape index (κ3) is 4.44. The Balaban J connectivity index is 1.60. The Kier molecular flexibility index (Phi) is 6.14. The van der Waals surface area contributed by atoms with E-state index in [1.165, 1.54) is 64.6 Å². The highest BCUT2D eigenvalue weighted by atomic mass is 16.5. The van der Waals surface area contributed by atoms with Crippen LogP contribution in [-0.4, -0.2) is 75.5 Å². The average molecular weight is 310 g/mol. The lowest BCUT2D eigenvalue weighted by molar-refractivity contribution is -0.0224. The minimum atomic E-state index is 0.456. The molecule has 4 heteroatoms. The Bertz CT molecular complexity index is 325. The van der Waals surface area contributed by atoms with Crippen molar-refractivity contribution in [3.05, 3.63) is 0 Å². The van der Waals surface area contributed by atoms with Crippen LogP contribution in [0, 0.1) is 5.41 Å². The largest absolute Gasteiger partial charge is 0.380 e. The van der Waals surface area contributed by atoms with Crippen LogP contribution in [0.2, 0.25) is 0 Å². The first kappa shape index (κ1) is 16.7. The first-order valence-corrected chi connectivity index (χ1v) is 9.35. The van der Waals surface area contributed by atoms with E-state index in [-0.39, 0.29) is 0 Å². The van der Waals surface area contributed by atoms with Crippen LogP contribution in [0.4, 0.5) is 0 Å². The van der Waals surface area contributed by atoms with E-state index >= 15 is 0 Å². The Labute approximate surface area is 136 Å². The minimum Gasteiger partial charge on any atom is -0.380 e. The highest BCUT2D eigenvalue weighted by Gasteiger charge is 2.37. The maximum atomic E-state index is 5.62. The molecule has 1 atom stereocenters. The third-order valence-corrected chi connectivity index (χ3v) is 5.93. The Morgan fingerprint density at radius 3 is 2.41 bits per heavy atom. The van der Waals surface area contributed by atoms with Gasteiger partial charge in [-0.25, -0.2) is 0 Å². The molecule has 0 amide bonds. The molecule has 0 N–H and O–H groups in total. The first-order chi connectivity index (χ1) is 10.8. The van der Waals surface area contributed by atoms with Gasteiger partial charge in [0.25, 0.3) is 0 Å². The van der Waals surface area contributed by atoms with E-state index in [1.807, 2.05) is 7.11 Å². The van der Waals surface area contributed by atoms with Gasteiger partial charge in [0.05, 0.1) is 19.3 Å². The molecule has 0 radical (unpaired) electrons. The summed E-state index contributed by atoms with van der Waals surface area (Å²) < 4.78 is 11.2. The smallest absolute Gasteiger partial charge is 0.0698 e. The van der Waals surface area contributed by atoms with E-state index in [4.69, 9.17) is 9.47 Å². The van der Waals surface area contributed by atoms with Crippen LogP contribution < -0.4 is 0 Å². The summed E-state index contributed by atoms with van der Waals surface area (Å²) in [6.45, 7) is 9.07. The second-order valence-electron chi connectivity index (χ2n) is 7.68. The van der Waals surface area contributed by atoms with E-state index in [1.54, 1.807) is 0 Å². The number of morpholine rings is 1. The molecular formula is C18H34N2O2. The lowest BCUT2D eigenvalue weighted by Gasteiger charge is -2.46. The van der Waals surface area contributed by atoms with E-state index in [2.05, 4.69) is 9.80 Å². The fourth-order valence-electron chi connectivity index (χ4n) is 4.73. The van der Waals surface area contributed by atoms with Gasteiger partial charge < -0.3 is 14.4 Å². The number of likely N-dealkylation sites (tertiary alicyclic amines) is 1. The summed E-state index contributed by atoms with van der Waals surface area (Å²) in [6, 6.07) is 0. The molecule has 0 aromatic carbocycles. The average Bonchev–Trinajstić information content (AvgIpc) is 2.56. The van der Waals surface area contributed by atoms with E-state index in [0.717, 1.165) is 32.8 Å². The Morgan fingerprint density at radius 2 is 1.68 bits per heavy atom. The molecule has 3 rings (SSSR count). The Morgan fingerprint density at radius 1 is 0.955 bits per heavy atom. The number of rotatable bonds is 5. The van der Waals surface area contributed by atoms with Crippen molar-refractivity contribution >= 4 is 0 Å². The number of hydrogen-bond donors (Lipinski definition) is 0. The lowest BCUT2D eigenvalue weighted by Crippen LogP contribution is -2.51. The quantitative estimate of drug-likeness (QED) is 0.778. The molecule has 4 nitrogen and oxygen atoms in total. The fourth-order valence-corrected chi connectivity index (χ4v) is 4.73. The van der Waals surface area contributed by atoms with Crippen LogP contribution in [0.1, 0.15) is 44.9 Å². The molecule has 0 bridgehead atoms. The number of piperidine rings is 1. The number of methoxy groups -OCH3 is 1. The second kappa shape index (κ2) is 8.09. The van der Waals surface area contributed by atoms with Gasteiger partial charge in [-0.3, -0.25) is 4.90 Å². The third-order valence-electron chi connectivity index (χ3n) is 5.93. The van der Waals surface area contributed by atoms with E-state index in [9.17, 15) is 0 Å². The van der Waals surface area contributed by atoms with Crippen molar-refractivity contribution in [1.29, 1.82) is 0 Å². The minimum absolute atomic E-state index is 0.456. The van der Waals surface area contributed by atoms with Crippen molar-refractivity contribution in [2.45, 2.75) is 51.0 Å². The van der Waals surface area contributed by atoms with Crippen molar-refractivity contribution in [3.63, 3.8) is 0 Å². The highest BCUT2D eigenvalue weighted by Crippen LogP contribution is 2.38. The molecule has 2 heterocycles. The molecule has 0 spiro atoms. The molecule has 0 aromatic heterocycles. The number of nitrogens with zero attached hydrogens (tertiary/aromatic N) is 2. The molecule has 2 aliphatic heterocycles. The summed E-state index contributed by atoms with van der Waals surface area (Å²) in [5.41, 5.74) is 0.519. The molecule has 3 aliphatic rings. The molecule has 128 valence electrons. The molecule has 0 unspecified atom stereocenters. The topological polar surface area (TPSA) is 24.9 Å². The predicted octanol–water partition coefficient (Wildman–Crippen LogP) is 2.38. The van der Waals surface area contributed by atoms with Gasteiger partial charge in [-0.15, -0.1) is 0 Å². The highest BCUT2D eigenvalue weighted by molar-refractivity contribution is 4.90. The zero-order valence-electron chi connectivity index (χ0n) is 14.4. The van der Waals surface area contributed by atoms with Crippen LogP contribution in [-0.2, 0) is 9.47 Å². The van der Waals surface area contributed by atoms with Crippen LogP contribution in [0.15, 0.2) is 0 Å². The van der Waals surface area contributed by atoms with Crippen molar-refractivity contribution in [2.24, 2.45) is 5.41 Å². The van der Waals surface area contributed by atoms with Gasteiger partial charge in [-0.2, -0.15) is 0 Å². The number of hydrogen-bond acceptors (Lipinski definition) is 4. The lowest BCUT2D eigenvalue weighted by atomic mass is 9.73. The molecule has 22 heavy (non-hydrogen) atoms. The van der Waals surface area contributed by atoms with E-state index in [0.29, 0.717) is 11.5 Å². The van der Waals surface area contributed by atoms with Crippen molar-refractivity contribution in [2.75, 3.05) is 59.6 Å². The summed E-state index contributed by atoms with van der Waals surface area (Å²) in [7, 11) is 1.87. The SMILES string of the molecule is CO[C@@H]1CCCN(CC2(CN3CCOCC3)CCCCC2)C1. The molecule has 3 fully saturated rings. The molecule has 1 saturated carbocycles. The molecule has 2 saturated heterocycles. The maximum absolute atomic E-state index is 5.62. The van der Waals surface area contributed by atoms with Crippen LogP contribution in [0.3, 0.4) is 0 Å². The monoisotopic (exact) mass is 310 g/mol. The van der Waals surface area contributed by atoms with Gasteiger partial charge >= 0.3 is 0 Å². The normalized spacial score (nSPS) is 31.2.